The first-order chi connectivity index (χ1) is 11.1. The van der Waals surface area contributed by atoms with Gasteiger partial charge in [-0.3, -0.25) is 14.5 Å². The molecule has 23 heavy (non-hydrogen) atoms. The van der Waals surface area contributed by atoms with Crippen LogP contribution < -0.4 is 10.2 Å². The van der Waals surface area contributed by atoms with E-state index in [4.69, 9.17) is 0 Å². The Balaban J connectivity index is 1.63. The second-order valence-corrected chi connectivity index (χ2v) is 5.96. The number of anilines is 1. The van der Waals surface area contributed by atoms with Crippen LogP contribution >= 0.6 is 11.8 Å². The normalized spacial score (nSPS) is 13.6. The fourth-order valence-electron chi connectivity index (χ4n) is 2.22. The Kier molecular flexibility index (Phi) is 4.57. The predicted octanol–water partition coefficient (Wildman–Crippen LogP) is 1.98. The number of halogens is 1. The lowest BCUT2D eigenvalue weighted by Crippen LogP contribution is -2.43. The van der Waals surface area contributed by atoms with Crippen molar-refractivity contribution in [2.24, 2.45) is 0 Å². The quantitative estimate of drug-likeness (QED) is 0.930. The van der Waals surface area contributed by atoms with Crippen molar-refractivity contribution in [2.75, 3.05) is 17.2 Å². The molecule has 5 nitrogen and oxygen atoms in total. The highest BCUT2D eigenvalue weighted by molar-refractivity contribution is 8.00. The number of carbonyl (C=O) groups excluding carboxylic acids is 2. The van der Waals surface area contributed by atoms with Gasteiger partial charge in [0.15, 0.2) is 0 Å². The van der Waals surface area contributed by atoms with Gasteiger partial charge < -0.3 is 5.32 Å². The Morgan fingerprint density at radius 1 is 1.30 bits per heavy atom. The molecule has 3 rings (SSSR count). The van der Waals surface area contributed by atoms with Crippen LogP contribution in [0.1, 0.15) is 5.56 Å². The number of benzene rings is 1. The first-order valence-corrected chi connectivity index (χ1v) is 8.01. The number of rotatable bonds is 4. The van der Waals surface area contributed by atoms with Crippen molar-refractivity contribution in [1.29, 1.82) is 0 Å². The van der Waals surface area contributed by atoms with Crippen molar-refractivity contribution < 1.29 is 14.0 Å². The standard InChI is InChI=1S/C16H14FN3O2S/c17-12-5-3-11(4-6-12)8-19-14(21)9-20-13-2-1-7-18-16(13)23-10-15(20)22/h1-7H,8-10H2,(H,19,21). The van der Waals surface area contributed by atoms with Crippen LogP contribution in [0.15, 0.2) is 47.6 Å². The van der Waals surface area contributed by atoms with Gasteiger partial charge in [0.25, 0.3) is 0 Å². The van der Waals surface area contributed by atoms with Crippen LogP contribution in [0.5, 0.6) is 0 Å². The van der Waals surface area contributed by atoms with E-state index in [1.165, 1.54) is 28.8 Å². The van der Waals surface area contributed by atoms with E-state index >= 15 is 0 Å². The van der Waals surface area contributed by atoms with E-state index in [1.807, 2.05) is 0 Å². The summed E-state index contributed by atoms with van der Waals surface area (Å²) in [4.78, 5) is 29.8. The molecule has 0 bridgehead atoms. The third kappa shape index (κ3) is 3.68. The lowest BCUT2D eigenvalue weighted by molar-refractivity contribution is -0.123. The van der Waals surface area contributed by atoms with Crippen LogP contribution in [0, 0.1) is 5.82 Å². The van der Waals surface area contributed by atoms with Crippen LogP contribution in [0.4, 0.5) is 10.1 Å². The second-order valence-electron chi connectivity index (χ2n) is 5.00. The minimum atomic E-state index is -0.319. The Morgan fingerprint density at radius 3 is 2.87 bits per heavy atom. The molecule has 0 fully saturated rings. The summed E-state index contributed by atoms with van der Waals surface area (Å²) >= 11 is 1.37. The van der Waals surface area contributed by atoms with Crippen LogP contribution in [0.25, 0.3) is 0 Å². The van der Waals surface area contributed by atoms with Gasteiger partial charge in [-0.05, 0) is 29.8 Å². The second kappa shape index (κ2) is 6.78. The van der Waals surface area contributed by atoms with E-state index in [0.717, 1.165) is 10.6 Å². The number of nitrogens with one attached hydrogen (secondary N) is 1. The highest BCUT2D eigenvalue weighted by Crippen LogP contribution is 2.32. The summed E-state index contributed by atoms with van der Waals surface area (Å²) in [7, 11) is 0. The minimum absolute atomic E-state index is 0.0563. The van der Waals surface area contributed by atoms with E-state index < -0.39 is 0 Å². The largest absolute Gasteiger partial charge is 0.350 e. The molecule has 7 heteroatoms. The molecule has 2 aromatic rings. The molecular formula is C16H14FN3O2S. The topological polar surface area (TPSA) is 62.3 Å². The van der Waals surface area contributed by atoms with Gasteiger partial charge in [-0.25, -0.2) is 9.37 Å². The number of carbonyl (C=O) groups is 2. The summed E-state index contributed by atoms with van der Waals surface area (Å²) in [5.41, 5.74) is 1.45. The molecule has 2 amide bonds. The molecule has 1 N–H and O–H groups in total. The molecule has 118 valence electrons. The van der Waals surface area contributed by atoms with Crippen LogP contribution in [0.2, 0.25) is 0 Å². The number of fused-ring (bicyclic) bond motifs is 1. The zero-order chi connectivity index (χ0) is 16.2. The molecule has 0 unspecified atom stereocenters. The molecule has 1 aromatic carbocycles. The smallest absolute Gasteiger partial charge is 0.240 e. The minimum Gasteiger partial charge on any atom is -0.350 e. The molecule has 0 spiro atoms. The van der Waals surface area contributed by atoms with Crippen LogP contribution in [0.3, 0.4) is 0 Å². The van der Waals surface area contributed by atoms with Crippen molar-refractivity contribution in [1.82, 2.24) is 10.3 Å². The number of aromatic nitrogens is 1. The Morgan fingerprint density at radius 2 is 2.09 bits per heavy atom. The summed E-state index contributed by atoms with van der Waals surface area (Å²) in [5.74, 6) is -0.438. The maximum absolute atomic E-state index is 12.8. The fourth-order valence-corrected chi connectivity index (χ4v) is 3.09. The highest BCUT2D eigenvalue weighted by atomic mass is 32.2. The first kappa shape index (κ1) is 15.5. The number of hydrogen-bond acceptors (Lipinski definition) is 4. The van der Waals surface area contributed by atoms with Crippen molar-refractivity contribution in [3.63, 3.8) is 0 Å². The third-order valence-electron chi connectivity index (χ3n) is 3.38. The Bertz CT molecular complexity index is 736. The van der Waals surface area contributed by atoms with Gasteiger partial charge in [-0.2, -0.15) is 0 Å². The SMILES string of the molecule is O=C(CN1C(=O)CSc2ncccc21)NCc1ccc(F)cc1. The predicted molar refractivity (Wildman–Crippen MR) is 85.6 cm³/mol. The average molecular weight is 331 g/mol. The van der Waals surface area contributed by atoms with Crippen LogP contribution in [-0.2, 0) is 16.1 Å². The lowest BCUT2D eigenvalue weighted by atomic mass is 10.2. The van der Waals surface area contributed by atoms with E-state index in [9.17, 15) is 14.0 Å². The number of pyridine rings is 1. The Labute approximate surface area is 136 Å². The van der Waals surface area contributed by atoms with Gasteiger partial charge >= 0.3 is 0 Å². The molecule has 1 aliphatic rings. The zero-order valence-electron chi connectivity index (χ0n) is 12.2. The number of nitrogens with zero attached hydrogens (tertiary/aromatic N) is 2. The molecule has 0 saturated carbocycles. The average Bonchev–Trinajstić information content (AvgIpc) is 2.57. The van der Waals surface area contributed by atoms with Crippen LogP contribution in [-0.4, -0.2) is 29.1 Å². The summed E-state index contributed by atoms with van der Waals surface area (Å²) in [6, 6.07) is 9.42. The summed E-state index contributed by atoms with van der Waals surface area (Å²) in [6.07, 6.45) is 1.66. The lowest BCUT2D eigenvalue weighted by Gasteiger charge is -2.27. The van der Waals surface area contributed by atoms with Gasteiger partial charge in [-0.15, -0.1) is 0 Å². The number of amides is 2. The highest BCUT2D eigenvalue weighted by Gasteiger charge is 2.26. The van der Waals surface area contributed by atoms with E-state index in [-0.39, 0.29) is 36.5 Å². The summed E-state index contributed by atoms with van der Waals surface area (Å²) < 4.78 is 12.8. The van der Waals surface area contributed by atoms with Gasteiger partial charge in [0.2, 0.25) is 11.8 Å². The van der Waals surface area contributed by atoms with E-state index in [1.54, 1.807) is 30.5 Å². The van der Waals surface area contributed by atoms with Gasteiger partial charge in [0.05, 0.1) is 11.4 Å². The van der Waals surface area contributed by atoms with Crippen molar-refractivity contribution in [3.05, 3.63) is 54.0 Å². The molecule has 0 saturated heterocycles. The van der Waals surface area contributed by atoms with Gasteiger partial charge in [0, 0.05) is 12.7 Å². The number of thioether (sulfide) groups is 1. The monoisotopic (exact) mass is 331 g/mol. The molecule has 2 heterocycles. The zero-order valence-corrected chi connectivity index (χ0v) is 13.0. The molecule has 0 aliphatic carbocycles. The number of hydrogen-bond donors (Lipinski definition) is 1. The van der Waals surface area contributed by atoms with Crippen molar-refractivity contribution >= 4 is 29.3 Å². The molecule has 1 aliphatic heterocycles. The summed E-state index contributed by atoms with van der Waals surface area (Å²) in [6.45, 7) is 0.231. The third-order valence-corrected chi connectivity index (χ3v) is 4.36. The molecule has 1 aromatic heterocycles. The van der Waals surface area contributed by atoms with Crippen molar-refractivity contribution in [2.45, 2.75) is 11.6 Å². The van der Waals surface area contributed by atoms with E-state index in [2.05, 4.69) is 10.3 Å². The first-order valence-electron chi connectivity index (χ1n) is 7.03. The fraction of sp³-hybridized carbons (Fsp3) is 0.188. The summed E-state index contributed by atoms with van der Waals surface area (Å²) in [5, 5.41) is 3.48. The van der Waals surface area contributed by atoms with E-state index in [0.29, 0.717) is 5.69 Å². The molecule has 0 radical (unpaired) electrons. The van der Waals surface area contributed by atoms with Gasteiger partial charge in [0.1, 0.15) is 17.4 Å². The van der Waals surface area contributed by atoms with Crippen molar-refractivity contribution in [3.8, 4) is 0 Å². The maximum atomic E-state index is 12.8. The van der Waals surface area contributed by atoms with Gasteiger partial charge in [-0.1, -0.05) is 23.9 Å². The maximum Gasteiger partial charge on any atom is 0.240 e. The molecule has 0 atom stereocenters. The molecular weight excluding hydrogens is 317 g/mol. The Hall–Kier alpha value is -2.41.